The van der Waals surface area contributed by atoms with Crippen molar-refractivity contribution in [3.05, 3.63) is 88.2 Å². The van der Waals surface area contributed by atoms with Gasteiger partial charge in [-0.3, -0.25) is 9.59 Å². The van der Waals surface area contributed by atoms with Crippen molar-refractivity contribution in [1.82, 2.24) is 4.98 Å². The average Bonchev–Trinajstić information content (AvgIpc) is 2.67. The number of H-pyrrole nitrogens is 1. The van der Waals surface area contributed by atoms with Gasteiger partial charge in [-0.15, -0.1) is 0 Å². The zero-order valence-electron chi connectivity index (χ0n) is 14.8. The molecule has 0 spiro atoms. The lowest BCUT2D eigenvalue weighted by molar-refractivity contribution is 0.102. The summed E-state index contributed by atoms with van der Waals surface area (Å²) in [5.74, 6) is -0.193. The van der Waals surface area contributed by atoms with Gasteiger partial charge >= 0.3 is 0 Å². The first-order valence-corrected chi connectivity index (χ1v) is 8.60. The number of aromatic amines is 1. The molecule has 0 saturated heterocycles. The molecular formula is C22H18N2O3. The summed E-state index contributed by atoms with van der Waals surface area (Å²) < 4.78 is 5.16. The van der Waals surface area contributed by atoms with E-state index in [-0.39, 0.29) is 11.5 Å². The van der Waals surface area contributed by atoms with E-state index in [1.807, 2.05) is 48.5 Å². The van der Waals surface area contributed by atoms with Crippen LogP contribution in [0.25, 0.3) is 21.7 Å². The molecule has 1 amide bonds. The van der Waals surface area contributed by atoms with Gasteiger partial charge in [-0.1, -0.05) is 42.5 Å². The molecule has 0 atom stereocenters. The molecule has 1 aromatic heterocycles. The average molecular weight is 358 g/mol. The number of hydrogen-bond acceptors (Lipinski definition) is 3. The van der Waals surface area contributed by atoms with E-state index in [2.05, 4.69) is 10.3 Å². The van der Waals surface area contributed by atoms with Crippen molar-refractivity contribution in [3.63, 3.8) is 0 Å². The fraction of sp³-hybridized carbons (Fsp3) is 0.0909. The Morgan fingerprint density at radius 2 is 1.81 bits per heavy atom. The van der Waals surface area contributed by atoms with Crippen molar-refractivity contribution in [2.45, 2.75) is 6.61 Å². The molecule has 0 aliphatic heterocycles. The van der Waals surface area contributed by atoms with Crippen molar-refractivity contribution in [2.24, 2.45) is 0 Å². The second kappa shape index (κ2) is 7.05. The standard InChI is InChI=1S/C22H18N2O3/c1-27-13-15-11-21(25)24-20-12-16(9-10-18(15)20)23-22(26)19-8-4-6-14-5-2-3-7-17(14)19/h2-12H,13H2,1H3,(H,23,26)(H,24,25). The van der Waals surface area contributed by atoms with Gasteiger partial charge in [0.1, 0.15) is 0 Å². The molecule has 0 fully saturated rings. The van der Waals surface area contributed by atoms with E-state index in [1.54, 1.807) is 19.2 Å². The summed E-state index contributed by atoms with van der Waals surface area (Å²) in [6, 6.07) is 20.4. The number of methoxy groups -OCH3 is 1. The molecule has 27 heavy (non-hydrogen) atoms. The Morgan fingerprint density at radius 3 is 2.67 bits per heavy atom. The Labute approximate surface area is 155 Å². The minimum Gasteiger partial charge on any atom is -0.380 e. The molecule has 0 unspecified atom stereocenters. The molecule has 4 rings (SSSR count). The van der Waals surface area contributed by atoms with Gasteiger partial charge in [0.15, 0.2) is 0 Å². The first-order valence-electron chi connectivity index (χ1n) is 8.60. The number of nitrogens with one attached hydrogen (secondary N) is 2. The van der Waals surface area contributed by atoms with Crippen LogP contribution in [0.15, 0.2) is 71.5 Å². The molecule has 0 radical (unpaired) electrons. The van der Waals surface area contributed by atoms with Crippen molar-refractivity contribution in [1.29, 1.82) is 0 Å². The summed E-state index contributed by atoms with van der Waals surface area (Å²) in [4.78, 5) is 27.5. The number of carbonyl (C=O) groups excluding carboxylic acids is 1. The second-order valence-electron chi connectivity index (χ2n) is 6.33. The van der Waals surface area contributed by atoms with Gasteiger partial charge in [-0.25, -0.2) is 0 Å². The van der Waals surface area contributed by atoms with Crippen molar-refractivity contribution in [2.75, 3.05) is 12.4 Å². The third kappa shape index (κ3) is 3.32. The van der Waals surface area contributed by atoms with Crippen molar-refractivity contribution < 1.29 is 9.53 Å². The van der Waals surface area contributed by atoms with Crippen LogP contribution in [0.5, 0.6) is 0 Å². The molecule has 1 heterocycles. The minimum absolute atomic E-state index is 0.193. The Hall–Kier alpha value is -3.44. The lowest BCUT2D eigenvalue weighted by Gasteiger charge is -2.10. The molecular weight excluding hydrogens is 340 g/mol. The topological polar surface area (TPSA) is 71.2 Å². The summed E-state index contributed by atoms with van der Waals surface area (Å²) in [7, 11) is 1.59. The van der Waals surface area contributed by atoms with Crippen LogP contribution in [0.1, 0.15) is 15.9 Å². The third-order valence-electron chi connectivity index (χ3n) is 4.52. The van der Waals surface area contributed by atoms with Crippen molar-refractivity contribution >= 4 is 33.3 Å². The first-order chi connectivity index (χ1) is 13.2. The first kappa shape index (κ1) is 17.0. The molecule has 0 aliphatic rings. The summed E-state index contributed by atoms with van der Waals surface area (Å²) in [6.07, 6.45) is 0. The zero-order chi connectivity index (χ0) is 18.8. The normalized spacial score (nSPS) is 11.0. The lowest BCUT2D eigenvalue weighted by atomic mass is 10.0. The molecule has 5 heteroatoms. The van der Waals surface area contributed by atoms with E-state index in [0.29, 0.717) is 23.4 Å². The van der Waals surface area contributed by atoms with Crippen LogP contribution < -0.4 is 10.9 Å². The summed E-state index contributed by atoms with van der Waals surface area (Å²) in [6.45, 7) is 0.349. The monoisotopic (exact) mass is 358 g/mol. The maximum Gasteiger partial charge on any atom is 0.256 e. The number of pyridine rings is 1. The highest BCUT2D eigenvalue weighted by molar-refractivity contribution is 6.13. The van der Waals surface area contributed by atoms with E-state index in [1.165, 1.54) is 6.07 Å². The number of rotatable bonds is 4. The van der Waals surface area contributed by atoms with Gasteiger partial charge in [-0.05, 0) is 34.5 Å². The molecule has 5 nitrogen and oxygen atoms in total. The predicted molar refractivity (Wildman–Crippen MR) is 107 cm³/mol. The molecule has 0 saturated carbocycles. The number of ether oxygens (including phenoxy) is 1. The number of amides is 1. The Kier molecular flexibility index (Phi) is 4.44. The molecule has 2 N–H and O–H groups in total. The van der Waals surface area contributed by atoms with Gasteiger partial charge in [0.05, 0.1) is 12.1 Å². The zero-order valence-corrected chi connectivity index (χ0v) is 14.8. The van der Waals surface area contributed by atoms with Crippen LogP contribution in [-0.2, 0) is 11.3 Å². The molecule has 4 aromatic rings. The van der Waals surface area contributed by atoms with Gasteiger partial charge in [0.25, 0.3) is 5.91 Å². The number of fused-ring (bicyclic) bond motifs is 2. The Bertz CT molecular complexity index is 1210. The minimum atomic E-state index is -0.202. The van der Waals surface area contributed by atoms with Crippen LogP contribution in [-0.4, -0.2) is 18.0 Å². The lowest BCUT2D eigenvalue weighted by Crippen LogP contribution is -2.13. The summed E-state index contributed by atoms with van der Waals surface area (Å²) >= 11 is 0. The van der Waals surface area contributed by atoms with Crippen molar-refractivity contribution in [3.8, 4) is 0 Å². The predicted octanol–water partition coefficient (Wildman–Crippen LogP) is 4.08. The quantitative estimate of drug-likeness (QED) is 0.577. The maximum absolute atomic E-state index is 12.8. The van der Waals surface area contributed by atoms with E-state index in [9.17, 15) is 9.59 Å². The summed E-state index contributed by atoms with van der Waals surface area (Å²) in [5.41, 5.74) is 2.49. The SMILES string of the molecule is COCc1cc(=O)[nH]c2cc(NC(=O)c3cccc4ccccc34)ccc12. The highest BCUT2D eigenvalue weighted by Crippen LogP contribution is 2.23. The fourth-order valence-electron chi connectivity index (χ4n) is 3.31. The highest BCUT2D eigenvalue weighted by atomic mass is 16.5. The van der Waals surface area contributed by atoms with E-state index in [0.717, 1.165) is 21.7 Å². The van der Waals surface area contributed by atoms with Gasteiger partial charge in [0.2, 0.25) is 5.56 Å². The summed E-state index contributed by atoms with van der Waals surface area (Å²) in [5, 5.41) is 5.72. The molecule has 0 bridgehead atoms. The fourth-order valence-corrected chi connectivity index (χ4v) is 3.31. The van der Waals surface area contributed by atoms with Gasteiger partial charge in [0, 0.05) is 29.8 Å². The van der Waals surface area contributed by atoms with Crippen LogP contribution >= 0.6 is 0 Å². The van der Waals surface area contributed by atoms with Crippen LogP contribution in [0.4, 0.5) is 5.69 Å². The van der Waals surface area contributed by atoms with Crippen LogP contribution in [0.2, 0.25) is 0 Å². The van der Waals surface area contributed by atoms with Crippen LogP contribution in [0.3, 0.4) is 0 Å². The molecule has 3 aromatic carbocycles. The molecule has 0 aliphatic carbocycles. The largest absolute Gasteiger partial charge is 0.380 e. The van der Waals surface area contributed by atoms with Gasteiger partial charge in [-0.2, -0.15) is 0 Å². The van der Waals surface area contributed by atoms with Gasteiger partial charge < -0.3 is 15.0 Å². The number of benzene rings is 3. The number of aromatic nitrogens is 1. The second-order valence-corrected chi connectivity index (χ2v) is 6.33. The highest BCUT2D eigenvalue weighted by Gasteiger charge is 2.11. The smallest absolute Gasteiger partial charge is 0.256 e. The number of anilines is 1. The Morgan fingerprint density at radius 1 is 1.00 bits per heavy atom. The molecule has 134 valence electrons. The Balaban J connectivity index is 1.71. The van der Waals surface area contributed by atoms with E-state index < -0.39 is 0 Å². The van der Waals surface area contributed by atoms with Crippen LogP contribution in [0, 0.1) is 0 Å². The van der Waals surface area contributed by atoms with E-state index in [4.69, 9.17) is 4.74 Å². The van der Waals surface area contributed by atoms with E-state index >= 15 is 0 Å². The third-order valence-corrected chi connectivity index (χ3v) is 4.52. The number of hydrogen-bond donors (Lipinski definition) is 2. The number of carbonyl (C=O) groups is 1. The maximum atomic E-state index is 12.8.